The Morgan fingerprint density at radius 1 is 1.42 bits per heavy atom. The molecule has 19 heavy (non-hydrogen) atoms. The van der Waals surface area contributed by atoms with Gasteiger partial charge in [0.1, 0.15) is 5.69 Å². The van der Waals surface area contributed by atoms with E-state index in [9.17, 15) is 28.4 Å². The maximum Gasteiger partial charge on any atom is 0.416 e. The molecule has 1 aromatic rings. The summed E-state index contributed by atoms with van der Waals surface area (Å²) in [5.74, 6) is 0. The van der Waals surface area contributed by atoms with Gasteiger partial charge in [0.05, 0.1) is 16.6 Å². The van der Waals surface area contributed by atoms with Crippen LogP contribution in [0.15, 0.2) is 18.2 Å². The van der Waals surface area contributed by atoms with Gasteiger partial charge in [0.15, 0.2) is 0 Å². The Morgan fingerprint density at radius 2 is 2.11 bits per heavy atom. The SMILES string of the molecule is O=[N+]([O-])c1cc(C(F)(F)F)ccc1N1CC[C@@H](O)C1. The van der Waals surface area contributed by atoms with E-state index < -0.39 is 28.5 Å². The zero-order valence-electron chi connectivity index (χ0n) is 9.72. The Morgan fingerprint density at radius 3 is 2.58 bits per heavy atom. The highest BCUT2D eigenvalue weighted by molar-refractivity contribution is 5.65. The molecule has 2 rings (SSSR count). The van der Waals surface area contributed by atoms with Gasteiger partial charge in [-0.3, -0.25) is 10.1 Å². The molecule has 0 radical (unpaired) electrons. The minimum atomic E-state index is -4.62. The van der Waals surface area contributed by atoms with Gasteiger partial charge in [-0.15, -0.1) is 0 Å². The predicted octanol–water partition coefficient (Wildman–Crippen LogP) is 2.18. The summed E-state index contributed by atoms with van der Waals surface area (Å²) < 4.78 is 37.6. The van der Waals surface area contributed by atoms with Crippen LogP contribution in [0.5, 0.6) is 0 Å². The number of β-amino-alcohol motifs (C(OH)–C–C–N with tert-alkyl or cyclic N) is 1. The van der Waals surface area contributed by atoms with Crippen molar-refractivity contribution in [2.24, 2.45) is 0 Å². The van der Waals surface area contributed by atoms with Crippen molar-refractivity contribution >= 4 is 11.4 Å². The fourth-order valence-electron chi connectivity index (χ4n) is 2.07. The van der Waals surface area contributed by atoms with E-state index in [1.165, 1.54) is 4.90 Å². The zero-order valence-corrected chi connectivity index (χ0v) is 9.72. The van der Waals surface area contributed by atoms with Gasteiger partial charge in [0, 0.05) is 19.2 Å². The minimum Gasteiger partial charge on any atom is -0.391 e. The Bertz CT molecular complexity index is 504. The van der Waals surface area contributed by atoms with Crippen LogP contribution < -0.4 is 4.90 Å². The van der Waals surface area contributed by atoms with Crippen LogP contribution in [0.1, 0.15) is 12.0 Å². The van der Waals surface area contributed by atoms with E-state index in [1.807, 2.05) is 0 Å². The first-order valence-electron chi connectivity index (χ1n) is 5.57. The van der Waals surface area contributed by atoms with Crippen LogP contribution in [0, 0.1) is 10.1 Å². The number of hydrogen-bond donors (Lipinski definition) is 1. The average molecular weight is 276 g/mol. The molecule has 0 aromatic heterocycles. The summed E-state index contributed by atoms with van der Waals surface area (Å²) >= 11 is 0. The highest BCUT2D eigenvalue weighted by Gasteiger charge is 2.34. The van der Waals surface area contributed by atoms with Crippen LogP contribution in [-0.4, -0.2) is 29.2 Å². The minimum absolute atomic E-state index is 0.106. The number of aliphatic hydroxyl groups excluding tert-OH is 1. The molecule has 8 heteroatoms. The highest BCUT2D eigenvalue weighted by atomic mass is 19.4. The maximum atomic E-state index is 12.5. The molecule has 1 aliphatic rings. The van der Waals surface area contributed by atoms with E-state index in [2.05, 4.69) is 0 Å². The fraction of sp³-hybridized carbons (Fsp3) is 0.455. The van der Waals surface area contributed by atoms with Crippen LogP contribution in [0.2, 0.25) is 0 Å². The molecule has 1 aromatic carbocycles. The second-order valence-corrected chi connectivity index (χ2v) is 4.35. The lowest BCUT2D eigenvalue weighted by molar-refractivity contribution is -0.384. The number of benzene rings is 1. The first-order valence-corrected chi connectivity index (χ1v) is 5.57. The molecule has 0 amide bonds. The molecule has 1 fully saturated rings. The Hall–Kier alpha value is -1.83. The van der Waals surface area contributed by atoms with Gasteiger partial charge in [-0.1, -0.05) is 0 Å². The van der Waals surface area contributed by atoms with Crippen molar-refractivity contribution in [2.75, 3.05) is 18.0 Å². The standard InChI is InChI=1S/C11H11F3N2O3/c12-11(13,14)7-1-2-9(10(5-7)16(18)19)15-4-3-8(17)6-15/h1-2,5,8,17H,3-4,6H2/t8-/m1/s1. The lowest BCUT2D eigenvalue weighted by Crippen LogP contribution is -2.22. The van der Waals surface area contributed by atoms with Crippen LogP contribution >= 0.6 is 0 Å². The summed E-state index contributed by atoms with van der Waals surface area (Å²) in [5, 5.41) is 20.3. The largest absolute Gasteiger partial charge is 0.416 e. The number of rotatable bonds is 2. The number of aliphatic hydroxyl groups is 1. The summed E-state index contributed by atoms with van der Waals surface area (Å²) in [4.78, 5) is 11.6. The maximum absolute atomic E-state index is 12.5. The third-order valence-electron chi connectivity index (χ3n) is 3.00. The Labute approximate surface area is 106 Å². The van der Waals surface area contributed by atoms with E-state index in [1.54, 1.807) is 0 Å². The molecular formula is C11H11F3N2O3. The summed E-state index contributed by atoms with van der Waals surface area (Å²) in [6, 6.07) is 2.42. The van der Waals surface area contributed by atoms with E-state index in [4.69, 9.17) is 0 Å². The van der Waals surface area contributed by atoms with Crippen molar-refractivity contribution in [1.29, 1.82) is 0 Å². The van der Waals surface area contributed by atoms with E-state index in [-0.39, 0.29) is 12.2 Å². The number of anilines is 1. The van der Waals surface area contributed by atoms with Crippen LogP contribution in [-0.2, 0) is 6.18 Å². The molecule has 1 heterocycles. The molecule has 104 valence electrons. The molecule has 0 saturated carbocycles. The van der Waals surface area contributed by atoms with Gasteiger partial charge in [-0.25, -0.2) is 0 Å². The molecule has 0 bridgehead atoms. The van der Waals surface area contributed by atoms with Crippen molar-refractivity contribution in [1.82, 2.24) is 0 Å². The summed E-state index contributed by atoms with van der Waals surface area (Å²) in [5.41, 5.74) is -1.54. The number of halogens is 3. The smallest absolute Gasteiger partial charge is 0.391 e. The molecule has 5 nitrogen and oxygen atoms in total. The molecular weight excluding hydrogens is 265 g/mol. The molecule has 1 saturated heterocycles. The Balaban J connectivity index is 2.42. The van der Waals surface area contributed by atoms with Crippen LogP contribution in [0.3, 0.4) is 0 Å². The average Bonchev–Trinajstić information content (AvgIpc) is 2.73. The normalized spacial score (nSPS) is 19.8. The van der Waals surface area contributed by atoms with Gasteiger partial charge < -0.3 is 10.0 Å². The predicted molar refractivity (Wildman–Crippen MR) is 60.9 cm³/mol. The molecule has 0 spiro atoms. The van der Waals surface area contributed by atoms with E-state index >= 15 is 0 Å². The van der Waals surface area contributed by atoms with Crippen molar-refractivity contribution in [3.63, 3.8) is 0 Å². The fourth-order valence-corrected chi connectivity index (χ4v) is 2.07. The lowest BCUT2D eigenvalue weighted by atomic mass is 10.1. The first-order chi connectivity index (χ1) is 8.79. The van der Waals surface area contributed by atoms with Crippen LogP contribution in [0.4, 0.5) is 24.5 Å². The van der Waals surface area contributed by atoms with Crippen molar-refractivity contribution in [2.45, 2.75) is 18.7 Å². The van der Waals surface area contributed by atoms with Gasteiger partial charge in [-0.05, 0) is 18.6 Å². The molecule has 1 N–H and O–H groups in total. The van der Waals surface area contributed by atoms with Crippen molar-refractivity contribution in [3.8, 4) is 0 Å². The van der Waals surface area contributed by atoms with Gasteiger partial charge in [-0.2, -0.15) is 13.2 Å². The van der Waals surface area contributed by atoms with Crippen molar-refractivity contribution < 1.29 is 23.2 Å². The summed E-state index contributed by atoms with van der Waals surface area (Å²) in [6.45, 7) is 0.569. The number of hydrogen-bond acceptors (Lipinski definition) is 4. The number of nitrogens with zero attached hydrogens (tertiary/aromatic N) is 2. The zero-order chi connectivity index (χ0) is 14.2. The van der Waals surface area contributed by atoms with Gasteiger partial charge in [0.25, 0.3) is 5.69 Å². The quantitative estimate of drug-likeness (QED) is 0.664. The summed E-state index contributed by atoms with van der Waals surface area (Å²) in [6.07, 6.45) is -4.78. The number of nitro benzene ring substituents is 1. The topological polar surface area (TPSA) is 66.6 Å². The third kappa shape index (κ3) is 2.78. The number of alkyl halides is 3. The molecule has 0 aliphatic carbocycles. The monoisotopic (exact) mass is 276 g/mol. The molecule has 0 unspecified atom stereocenters. The van der Waals surface area contributed by atoms with E-state index in [0.717, 1.165) is 12.1 Å². The molecule has 1 aliphatic heterocycles. The molecule has 1 atom stereocenters. The first kappa shape index (κ1) is 13.6. The van der Waals surface area contributed by atoms with Crippen LogP contribution in [0.25, 0.3) is 0 Å². The van der Waals surface area contributed by atoms with E-state index in [0.29, 0.717) is 19.0 Å². The highest BCUT2D eigenvalue weighted by Crippen LogP contribution is 2.37. The second-order valence-electron chi connectivity index (χ2n) is 4.35. The summed E-state index contributed by atoms with van der Waals surface area (Å²) in [7, 11) is 0. The van der Waals surface area contributed by atoms with Gasteiger partial charge >= 0.3 is 6.18 Å². The lowest BCUT2D eigenvalue weighted by Gasteiger charge is -2.18. The Kier molecular flexibility index (Phi) is 3.36. The number of nitro groups is 1. The van der Waals surface area contributed by atoms with Crippen molar-refractivity contribution in [3.05, 3.63) is 33.9 Å². The second kappa shape index (κ2) is 4.69. The van der Waals surface area contributed by atoms with Gasteiger partial charge in [0.2, 0.25) is 0 Å². The third-order valence-corrected chi connectivity index (χ3v) is 3.00.